The lowest BCUT2D eigenvalue weighted by Crippen LogP contribution is -2.31. The van der Waals surface area contributed by atoms with Crippen LogP contribution in [0.4, 0.5) is 5.69 Å². The van der Waals surface area contributed by atoms with Gasteiger partial charge in [0.15, 0.2) is 6.61 Å². The van der Waals surface area contributed by atoms with Crippen molar-refractivity contribution in [2.75, 3.05) is 32.6 Å². The van der Waals surface area contributed by atoms with Gasteiger partial charge in [0.05, 0.1) is 6.42 Å². The molecule has 0 aromatic heterocycles. The molecule has 0 aliphatic heterocycles. The summed E-state index contributed by atoms with van der Waals surface area (Å²) in [5, 5.41) is 0. The zero-order valence-corrected chi connectivity index (χ0v) is 16.8. The third kappa shape index (κ3) is 6.13. The monoisotopic (exact) mass is 368 g/mol. The number of likely N-dealkylation sites (N-methyl/N-ethyl adjacent to an activating group) is 1. The van der Waals surface area contributed by atoms with Crippen molar-refractivity contribution in [2.24, 2.45) is 0 Å². The molecule has 144 valence electrons. The standard InChI is InChI=1S/C22H28N2O3/c1-16-6-7-19(12-17(16)2)13-22(26)27-15-21(25)24(5)14-18-8-10-20(11-9-18)23(3)4/h6-12H,13-15H2,1-5H3. The van der Waals surface area contributed by atoms with E-state index in [0.29, 0.717) is 6.54 Å². The Morgan fingerprint density at radius 3 is 2.11 bits per heavy atom. The van der Waals surface area contributed by atoms with Gasteiger partial charge in [-0.05, 0) is 48.2 Å². The molecule has 0 spiro atoms. The zero-order valence-electron chi connectivity index (χ0n) is 16.8. The van der Waals surface area contributed by atoms with Crippen LogP contribution in [0.25, 0.3) is 0 Å². The zero-order chi connectivity index (χ0) is 20.0. The molecule has 0 atom stereocenters. The highest BCUT2D eigenvalue weighted by atomic mass is 16.5. The van der Waals surface area contributed by atoms with Crippen molar-refractivity contribution in [1.82, 2.24) is 4.90 Å². The summed E-state index contributed by atoms with van der Waals surface area (Å²) in [5.41, 5.74) is 5.34. The fourth-order valence-corrected chi connectivity index (χ4v) is 2.65. The normalized spacial score (nSPS) is 10.4. The molecule has 0 bridgehead atoms. The number of carbonyl (C=O) groups is 2. The molecular formula is C22H28N2O3. The van der Waals surface area contributed by atoms with Gasteiger partial charge in [0.25, 0.3) is 5.91 Å². The molecule has 0 fully saturated rings. The molecule has 1 amide bonds. The molecule has 5 nitrogen and oxygen atoms in total. The van der Waals surface area contributed by atoms with E-state index in [4.69, 9.17) is 4.74 Å². The minimum absolute atomic E-state index is 0.171. The van der Waals surface area contributed by atoms with E-state index in [-0.39, 0.29) is 18.9 Å². The number of aryl methyl sites for hydroxylation is 2. The maximum Gasteiger partial charge on any atom is 0.310 e. The Labute approximate surface area is 161 Å². The van der Waals surface area contributed by atoms with E-state index in [1.807, 2.05) is 75.3 Å². The molecule has 2 aromatic rings. The summed E-state index contributed by atoms with van der Waals surface area (Å²) in [6.07, 6.45) is 0.171. The van der Waals surface area contributed by atoms with Crippen molar-refractivity contribution < 1.29 is 14.3 Å². The van der Waals surface area contributed by atoms with Crippen molar-refractivity contribution in [3.63, 3.8) is 0 Å². The molecule has 0 heterocycles. The van der Waals surface area contributed by atoms with E-state index in [2.05, 4.69) is 0 Å². The van der Waals surface area contributed by atoms with Crippen LogP contribution in [0.2, 0.25) is 0 Å². The van der Waals surface area contributed by atoms with Gasteiger partial charge >= 0.3 is 5.97 Å². The van der Waals surface area contributed by atoms with Crippen LogP contribution in [0.3, 0.4) is 0 Å². The molecule has 5 heteroatoms. The number of anilines is 1. The molecule has 0 saturated heterocycles. The van der Waals surface area contributed by atoms with Crippen molar-refractivity contribution in [3.8, 4) is 0 Å². The number of amides is 1. The second-order valence-electron chi connectivity index (χ2n) is 7.07. The molecule has 2 aromatic carbocycles. The van der Waals surface area contributed by atoms with Crippen LogP contribution in [-0.2, 0) is 27.3 Å². The van der Waals surface area contributed by atoms with E-state index >= 15 is 0 Å². The van der Waals surface area contributed by atoms with Crippen LogP contribution in [0.1, 0.15) is 22.3 Å². The Bertz CT molecular complexity index is 798. The number of benzene rings is 2. The number of rotatable bonds is 7. The highest BCUT2D eigenvalue weighted by Crippen LogP contribution is 2.14. The summed E-state index contributed by atoms with van der Waals surface area (Å²) in [6, 6.07) is 13.9. The Balaban J connectivity index is 1.81. The number of ether oxygens (including phenoxy) is 1. The molecule has 2 rings (SSSR count). The fourth-order valence-electron chi connectivity index (χ4n) is 2.65. The van der Waals surface area contributed by atoms with Gasteiger partial charge in [-0.15, -0.1) is 0 Å². The predicted octanol–water partition coefficient (Wildman–Crippen LogP) is 3.11. The third-order valence-corrected chi connectivity index (χ3v) is 4.57. The summed E-state index contributed by atoms with van der Waals surface area (Å²) in [6.45, 7) is 4.27. The minimum atomic E-state index is -0.393. The Morgan fingerprint density at radius 2 is 1.52 bits per heavy atom. The smallest absolute Gasteiger partial charge is 0.310 e. The van der Waals surface area contributed by atoms with Crippen molar-refractivity contribution in [1.29, 1.82) is 0 Å². The van der Waals surface area contributed by atoms with Gasteiger partial charge in [0.1, 0.15) is 0 Å². The molecule has 0 radical (unpaired) electrons. The summed E-state index contributed by atoms with van der Waals surface area (Å²) in [4.78, 5) is 27.8. The lowest BCUT2D eigenvalue weighted by atomic mass is 10.0. The van der Waals surface area contributed by atoms with Crippen LogP contribution in [0, 0.1) is 13.8 Å². The lowest BCUT2D eigenvalue weighted by molar-refractivity contribution is -0.151. The molecule has 0 N–H and O–H groups in total. The Kier molecular flexibility index (Phi) is 6.99. The summed E-state index contributed by atoms with van der Waals surface area (Å²) < 4.78 is 5.15. The number of hydrogen-bond acceptors (Lipinski definition) is 4. The van der Waals surface area contributed by atoms with Crippen molar-refractivity contribution in [3.05, 3.63) is 64.7 Å². The molecule has 0 aliphatic rings. The highest BCUT2D eigenvalue weighted by molar-refractivity contribution is 5.81. The first-order valence-corrected chi connectivity index (χ1v) is 8.98. The fraction of sp³-hybridized carbons (Fsp3) is 0.364. The number of carbonyl (C=O) groups excluding carboxylic acids is 2. The maximum absolute atomic E-state index is 12.2. The van der Waals surface area contributed by atoms with Crippen molar-refractivity contribution in [2.45, 2.75) is 26.8 Å². The molecule has 0 aliphatic carbocycles. The first-order chi connectivity index (χ1) is 12.8. The van der Waals surface area contributed by atoms with Crippen molar-refractivity contribution >= 4 is 17.6 Å². The predicted molar refractivity (Wildman–Crippen MR) is 108 cm³/mol. The van der Waals surface area contributed by atoms with Gasteiger partial charge in [-0.2, -0.15) is 0 Å². The number of hydrogen-bond donors (Lipinski definition) is 0. The second-order valence-corrected chi connectivity index (χ2v) is 7.07. The second kappa shape index (κ2) is 9.21. The van der Waals surface area contributed by atoms with Gasteiger partial charge in [-0.3, -0.25) is 9.59 Å². The summed E-state index contributed by atoms with van der Waals surface area (Å²) in [7, 11) is 5.67. The van der Waals surface area contributed by atoms with Gasteiger partial charge < -0.3 is 14.5 Å². The van der Waals surface area contributed by atoms with E-state index in [0.717, 1.165) is 22.4 Å². The lowest BCUT2D eigenvalue weighted by Gasteiger charge is -2.18. The highest BCUT2D eigenvalue weighted by Gasteiger charge is 2.13. The average molecular weight is 368 g/mol. The molecule has 27 heavy (non-hydrogen) atoms. The number of esters is 1. The third-order valence-electron chi connectivity index (χ3n) is 4.57. The first kappa shape index (κ1) is 20.5. The average Bonchev–Trinajstić information content (AvgIpc) is 2.63. The SMILES string of the molecule is Cc1ccc(CC(=O)OCC(=O)N(C)Cc2ccc(N(C)C)cc2)cc1C. The first-order valence-electron chi connectivity index (χ1n) is 8.98. The van der Waals surface area contributed by atoms with Gasteiger partial charge in [-0.1, -0.05) is 30.3 Å². The number of nitrogens with zero attached hydrogens (tertiary/aromatic N) is 2. The quantitative estimate of drug-likeness (QED) is 0.705. The van der Waals surface area contributed by atoms with E-state index < -0.39 is 5.97 Å². The topological polar surface area (TPSA) is 49.9 Å². The van der Waals surface area contributed by atoms with E-state index in [1.54, 1.807) is 11.9 Å². The summed E-state index contributed by atoms with van der Waals surface area (Å²) >= 11 is 0. The summed E-state index contributed by atoms with van der Waals surface area (Å²) in [5.74, 6) is -0.615. The Hall–Kier alpha value is -2.82. The van der Waals surface area contributed by atoms with E-state index in [1.165, 1.54) is 5.56 Å². The van der Waals surface area contributed by atoms with Crippen LogP contribution in [-0.4, -0.2) is 44.5 Å². The largest absolute Gasteiger partial charge is 0.455 e. The molecular weight excluding hydrogens is 340 g/mol. The van der Waals surface area contributed by atoms with Crippen LogP contribution >= 0.6 is 0 Å². The molecule has 0 saturated carbocycles. The maximum atomic E-state index is 12.2. The van der Waals surface area contributed by atoms with Crippen LogP contribution in [0.15, 0.2) is 42.5 Å². The van der Waals surface area contributed by atoms with Crippen LogP contribution in [0.5, 0.6) is 0 Å². The molecule has 0 unspecified atom stereocenters. The van der Waals surface area contributed by atoms with E-state index in [9.17, 15) is 9.59 Å². The Morgan fingerprint density at radius 1 is 0.889 bits per heavy atom. The van der Waals surface area contributed by atoms with Gasteiger partial charge in [0.2, 0.25) is 0 Å². The van der Waals surface area contributed by atoms with Gasteiger partial charge in [0, 0.05) is 33.4 Å². The van der Waals surface area contributed by atoms with Gasteiger partial charge in [-0.25, -0.2) is 0 Å². The van der Waals surface area contributed by atoms with Crippen LogP contribution < -0.4 is 4.90 Å². The minimum Gasteiger partial charge on any atom is -0.455 e.